The Balaban J connectivity index is 1.76. The number of aliphatic hydroxyl groups is 3. The molecule has 1 fully saturated rings. The molecule has 0 radical (unpaired) electrons. The minimum Gasteiger partial charge on any atom is -0.507 e. The Labute approximate surface area is 307 Å². The van der Waals surface area contributed by atoms with Gasteiger partial charge in [-0.05, 0) is 62.6 Å². The van der Waals surface area contributed by atoms with Crippen molar-refractivity contribution in [2.45, 2.75) is 71.4 Å². The van der Waals surface area contributed by atoms with Gasteiger partial charge in [-0.25, -0.2) is 9.59 Å². The maximum atomic E-state index is 13.8. The number of esters is 3. The number of carbonyl (C=O) groups excluding carboxylic acids is 4. The minimum absolute atomic E-state index is 0.0507. The maximum absolute atomic E-state index is 13.8. The maximum Gasteiger partial charge on any atom is 0.347 e. The second-order valence-electron chi connectivity index (χ2n) is 12.3. The van der Waals surface area contributed by atoms with Crippen molar-refractivity contribution in [2.75, 3.05) is 13.7 Å². The number of aliphatic hydroxyl groups excluding tert-OH is 3. The Kier molecular flexibility index (Phi) is 12.7. The van der Waals surface area contributed by atoms with Crippen LogP contribution in [0.15, 0.2) is 36.4 Å². The molecule has 3 aromatic carbocycles. The molecular weight excluding hydrogens is 718 g/mol. The first-order valence-electron chi connectivity index (χ1n) is 16.2. The monoisotopic (exact) mass is 757 g/mol. The number of hydrogen-bond acceptors (Lipinski definition) is 16. The second-order valence-corrected chi connectivity index (χ2v) is 12.3. The van der Waals surface area contributed by atoms with Crippen LogP contribution in [-0.2, 0) is 19.1 Å². The summed E-state index contributed by atoms with van der Waals surface area (Å²) in [7, 11) is 1.37. The number of carbonyl (C=O) groups is 5. The van der Waals surface area contributed by atoms with Crippen LogP contribution in [0.4, 0.5) is 0 Å². The highest BCUT2D eigenvalue weighted by Gasteiger charge is 2.48. The number of carboxylic acid groups (broad SMARTS) is 1. The molecule has 0 aliphatic carbocycles. The number of aromatic hydroxyl groups is 2. The fourth-order valence-corrected chi connectivity index (χ4v) is 5.59. The molecule has 54 heavy (non-hydrogen) atoms. The van der Waals surface area contributed by atoms with Crippen LogP contribution in [0.2, 0.25) is 0 Å². The van der Waals surface area contributed by atoms with E-state index in [1.807, 2.05) is 0 Å². The number of amides is 1. The number of phenols is 2. The lowest BCUT2D eigenvalue weighted by atomic mass is 9.99. The molecule has 4 rings (SSSR count). The number of aliphatic carboxylic acids is 1. The smallest absolute Gasteiger partial charge is 0.347 e. The van der Waals surface area contributed by atoms with Crippen molar-refractivity contribution < 1.29 is 83.0 Å². The average Bonchev–Trinajstić information content (AvgIpc) is 3.06. The number of methoxy groups -OCH3 is 1. The summed E-state index contributed by atoms with van der Waals surface area (Å²) >= 11 is 0. The molecule has 18 heteroatoms. The summed E-state index contributed by atoms with van der Waals surface area (Å²) in [4.78, 5) is 62.9. The van der Waals surface area contributed by atoms with Crippen molar-refractivity contribution in [1.29, 1.82) is 0 Å². The third-order valence-corrected chi connectivity index (χ3v) is 8.23. The molecule has 0 bridgehead atoms. The molecule has 1 heterocycles. The topological polar surface area (TPSA) is 274 Å². The normalized spacial score (nSPS) is 19.9. The number of rotatable bonds is 12. The number of carboxylic acids is 1. The molecule has 0 aromatic heterocycles. The average molecular weight is 758 g/mol. The van der Waals surface area contributed by atoms with E-state index >= 15 is 0 Å². The first-order valence-corrected chi connectivity index (χ1v) is 16.2. The third-order valence-electron chi connectivity index (χ3n) is 8.23. The number of benzene rings is 3. The van der Waals surface area contributed by atoms with Crippen LogP contribution < -0.4 is 24.3 Å². The van der Waals surface area contributed by atoms with Crippen molar-refractivity contribution in [1.82, 2.24) is 5.32 Å². The molecule has 1 aliphatic heterocycles. The zero-order valence-corrected chi connectivity index (χ0v) is 29.8. The number of hydrogen-bond donors (Lipinski definition) is 7. The van der Waals surface area contributed by atoms with Crippen molar-refractivity contribution in [3.8, 4) is 34.5 Å². The first kappa shape index (κ1) is 40.8. The molecule has 7 N–H and O–H groups in total. The highest BCUT2D eigenvalue weighted by Crippen LogP contribution is 2.36. The van der Waals surface area contributed by atoms with Gasteiger partial charge in [0.1, 0.15) is 70.0 Å². The van der Waals surface area contributed by atoms with E-state index in [0.29, 0.717) is 5.56 Å². The summed E-state index contributed by atoms with van der Waals surface area (Å²) in [5.41, 5.74) is -0.391. The number of aryl methyl sites for hydroxylation is 3. The fourth-order valence-electron chi connectivity index (χ4n) is 5.59. The summed E-state index contributed by atoms with van der Waals surface area (Å²) in [6.07, 6.45) is -8.52. The fraction of sp³-hybridized carbons (Fsp3) is 0.361. The van der Waals surface area contributed by atoms with Gasteiger partial charge in [0.05, 0.1) is 19.3 Å². The zero-order chi connectivity index (χ0) is 40.2. The zero-order valence-electron chi connectivity index (χ0n) is 29.8. The molecule has 0 saturated carbocycles. The molecule has 0 unspecified atom stereocenters. The highest BCUT2D eigenvalue weighted by atomic mass is 16.7. The largest absolute Gasteiger partial charge is 0.507 e. The molecule has 1 aliphatic rings. The third kappa shape index (κ3) is 8.97. The number of phenolic OH excluding ortho intramolecular Hbond substituents is 2. The van der Waals surface area contributed by atoms with Gasteiger partial charge in [-0.15, -0.1) is 0 Å². The van der Waals surface area contributed by atoms with Gasteiger partial charge in [0.2, 0.25) is 6.29 Å². The van der Waals surface area contributed by atoms with Gasteiger partial charge in [-0.1, -0.05) is 0 Å². The Hall–Kier alpha value is -5.95. The molecule has 1 saturated heterocycles. The van der Waals surface area contributed by atoms with Gasteiger partial charge in [-0.3, -0.25) is 14.4 Å². The predicted molar refractivity (Wildman–Crippen MR) is 182 cm³/mol. The van der Waals surface area contributed by atoms with Gasteiger partial charge in [0.25, 0.3) is 5.91 Å². The molecule has 3 aromatic rings. The molecular formula is C36H39NO17. The first-order chi connectivity index (χ1) is 25.4. The molecule has 290 valence electrons. The molecule has 1 amide bonds. The second kappa shape index (κ2) is 16.8. The van der Waals surface area contributed by atoms with E-state index in [9.17, 15) is 49.5 Å². The Morgan fingerprint density at radius 1 is 0.796 bits per heavy atom. The van der Waals surface area contributed by atoms with Gasteiger partial charge in [0, 0.05) is 25.1 Å². The minimum atomic E-state index is -1.84. The van der Waals surface area contributed by atoms with E-state index in [1.165, 1.54) is 59.1 Å². The SMILES string of the molecule is COc1cc(C)c(C(=O)Oc2cc(C)c(C(=O)Oc3cc(C)c(C(=O)N[C@@H](C)C(=O)O)c(O)c3)c(O[C@@H]3O[C@H](CO)[C@@H](O)[C@H](O)[C@H]3OC(C)=O)c2)c(O)c1. The van der Waals surface area contributed by atoms with Crippen molar-refractivity contribution in [3.05, 3.63) is 69.8 Å². The van der Waals surface area contributed by atoms with Gasteiger partial charge >= 0.3 is 23.9 Å². The van der Waals surface area contributed by atoms with Crippen LogP contribution >= 0.6 is 0 Å². The summed E-state index contributed by atoms with van der Waals surface area (Å²) in [6.45, 7) is 5.75. The van der Waals surface area contributed by atoms with E-state index in [0.717, 1.165) is 19.1 Å². The summed E-state index contributed by atoms with van der Waals surface area (Å²) in [5.74, 6) is -7.08. The standard InChI is InChI=1S/C36H39NO17/c1-14-8-20(11-22(40)26(14)32(44)37-17(4)33(45)46)51-35(48)28-16(3)9-21(52-34(47)27-15(2)7-19(49-6)10-23(27)41)12-24(28)53-36-31(50-18(5)39)30(43)29(42)25(13-38)54-36/h7-12,17,25,29-31,36,38,40-43H,13H2,1-6H3,(H,37,44)(H,45,46)/t17-,25+,29+,30-,31+,36+/m0/s1. The van der Waals surface area contributed by atoms with Crippen LogP contribution in [0.3, 0.4) is 0 Å². The number of nitrogens with one attached hydrogen (secondary N) is 1. The van der Waals surface area contributed by atoms with Crippen molar-refractivity contribution >= 4 is 29.8 Å². The Morgan fingerprint density at radius 2 is 1.31 bits per heavy atom. The van der Waals surface area contributed by atoms with Crippen LogP contribution in [0, 0.1) is 20.8 Å². The lowest BCUT2D eigenvalue weighted by molar-refractivity contribution is -0.281. The van der Waals surface area contributed by atoms with E-state index in [-0.39, 0.29) is 45.1 Å². The Bertz CT molecular complexity index is 1910. The lowest BCUT2D eigenvalue weighted by Crippen LogP contribution is -2.61. The van der Waals surface area contributed by atoms with Crippen LogP contribution in [0.1, 0.15) is 61.6 Å². The van der Waals surface area contributed by atoms with E-state index < -0.39 is 90.4 Å². The summed E-state index contributed by atoms with van der Waals surface area (Å²) in [5, 5.41) is 63.5. The highest BCUT2D eigenvalue weighted by molar-refractivity contribution is 6.01. The van der Waals surface area contributed by atoms with Crippen molar-refractivity contribution in [3.63, 3.8) is 0 Å². The van der Waals surface area contributed by atoms with Crippen LogP contribution in [0.5, 0.6) is 34.5 Å². The lowest BCUT2D eigenvalue weighted by Gasteiger charge is -2.41. The Morgan fingerprint density at radius 3 is 1.85 bits per heavy atom. The quantitative estimate of drug-likeness (QED) is 0.102. The molecule has 6 atom stereocenters. The summed E-state index contributed by atoms with van der Waals surface area (Å²) < 4.78 is 32.9. The summed E-state index contributed by atoms with van der Waals surface area (Å²) in [6, 6.07) is 5.85. The van der Waals surface area contributed by atoms with E-state index in [2.05, 4.69) is 5.32 Å². The van der Waals surface area contributed by atoms with Gasteiger partial charge in [-0.2, -0.15) is 0 Å². The van der Waals surface area contributed by atoms with E-state index in [1.54, 1.807) is 0 Å². The van der Waals surface area contributed by atoms with Crippen LogP contribution in [-0.4, -0.2) is 111 Å². The van der Waals surface area contributed by atoms with Crippen molar-refractivity contribution in [2.24, 2.45) is 0 Å². The number of ether oxygens (including phenoxy) is 6. The molecule has 0 spiro atoms. The van der Waals surface area contributed by atoms with E-state index in [4.69, 9.17) is 33.5 Å². The molecule has 18 nitrogen and oxygen atoms in total. The predicted octanol–water partition coefficient (Wildman–Crippen LogP) is 1.42. The van der Waals surface area contributed by atoms with Gasteiger partial charge in [0.15, 0.2) is 6.10 Å². The van der Waals surface area contributed by atoms with Gasteiger partial charge < -0.3 is 64.4 Å². The van der Waals surface area contributed by atoms with Crippen LogP contribution in [0.25, 0.3) is 0 Å².